The second-order valence-electron chi connectivity index (χ2n) is 6.49. The van der Waals surface area contributed by atoms with Crippen LogP contribution in [0.4, 0.5) is 18.9 Å². The number of ether oxygens (including phenoxy) is 1. The lowest BCUT2D eigenvalue weighted by Gasteiger charge is -2.10. The predicted molar refractivity (Wildman–Crippen MR) is 111 cm³/mol. The van der Waals surface area contributed by atoms with Gasteiger partial charge in [-0.2, -0.15) is 0 Å². The number of alkyl halides is 3. The largest absolute Gasteiger partial charge is 0.573 e. The van der Waals surface area contributed by atoms with Crippen LogP contribution < -0.4 is 15.6 Å². The molecular formula is C21H14F3N3O3S. The topological polar surface area (TPSA) is 73.2 Å². The smallest absolute Gasteiger partial charge is 0.406 e. The van der Waals surface area contributed by atoms with Crippen molar-refractivity contribution in [2.24, 2.45) is 0 Å². The summed E-state index contributed by atoms with van der Waals surface area (Å²) in [5, 5.41) is 2.94. The van der Waals surface area contributed by atoms with Crippen molar-refractivity contribution in [3.8, 4) is 16.2 Å². The molecule has 1 N–H and O–H groups in total. The minimum atomic E-state index is -4.79. The molecule has 4 aromatic rings. The van der Waals surface area contributed by atoms with Gasteiger partial charge in [0.1, 0.15) is 17.1 Å². The molecule has 0 spiro atoms. The van der Waals surface area contributed by atoms with E-state index in [1.807, 2.05) is 30.3 Å². The van der Waals surface area contributed by atoms with E-state index in [-0.39, 0.29) is 17.8 Å². The Morgan fingerprint density at radius 2 is 1.81 bits per heavy atom. The van der Waals surface area contributed by atoms with Crippen LogP contribution in [0.1, 0.15) is 0 Å². The van der Waals surface area contributed by atoms with Crippen molar-refractivity contribution in [3.63, 3.8) is 0 Å². The zero-order valence-electron chi connectivity index (χ0n) is 15.7. The van der Waals surface area contributed by atoms with Gasteiger partial charge in [0.15, 0.2) is 0 Å². The number of nitrogens with zero attached hydrogens (tertiary/aromatic N) is 2. The first kappa shape index (κ1) is 20.6. The number of hydrogen-bond acceptors (Lipinski definition) is 5. The van der Waals surface area contributed by atoms with E-state index in [0.29, 0.717) is 10.2 Å². The van der Waals surface area contributed by atoms with E-state index in [0.717, 1.165) is 22.6 Å². The van der Waals surface area contributed by atoms with Crippen LogP contribution in [0.3, 0.4) is 0 Å². The average Bonchev–Trinajstić information content (AvgIpc) is 3.16. The highest BCUT2D eigenvalue weighted by Crippen LogP contribution is 2.30. The third kappa shape index (κ3) is 4.92. The summed E-state index contributed by atoms with van der Waals surface area (Å²) < 4.78 is 41.6. The van der Waals surface area contributed by atoms with Gasteiger partial charge in [0, 0.05) is 10.6 Å². The number of fused-ring (bicyclic) bond motifs is 1. The first-order chi connectivity index (χ1) is 14.8. The quantitative estimate of drug-likeness (QED) is 0.485. The molecule has 2 aromatic carbocycles. The van der Waals surface area contributed by atoms with Gasteiger partial charge >= 0.3 is 6.36 Å². The number of carbonyl (C=O) groups excluding carboxylic acids is 1. The molecule has 0 aliphatic carbocycles. The van der Waals surface area contributed by atoms with E-state index < -0.39 is 18.0 Å². The van der Waals surface area contributed by atoms with Crippen molar-refractivity contribution >= 4 is 33.1 Å². The van der Waals surface area contributed by atoms with Crippen LogP contribution in [0, 0.1) is 0 Å². The summed E-state index contributed by atoms with van der Waals surface area (Å²) in [6.07, 6.45) is -3.49. The molecule has 0 aliphatic rings. The summed E-state index contributed by atoms with van der Waals surface area (Å²) in [5.74, 6) is -0.922. The van der Waals surface area contributed by atoms with Crippen LogP contribution in [-0.4, -0.2) is 21.8 Å². The molecule has 2 heterocycles. The van der Waals surface area contributed by atoms with Crippen LogP contribution in [0.2, 0.25) is 0 Å². The minimum Gasteiger partial charge on any atom is -0.406 e. The van der Waals surface area contributed by atoms with Crippen LogP contribution in [-0.2, 0) is 11.3 Å². The Bertz CT molecular complexity index is 1280. The van der Waals surface area contributed by atoms with E-state index in [2.05, 4.69) is 15.0 Å². The Kier molecular flexibility index (Phi) is 5.47. The number of thiophene rings is 1. The summed E-state index contributed by atoms with van der Waals surface area (Å²) in [6.45, 7) is -0.293. The normalized spacial score (nSPS) is 11.5. The lowest BCUT2D eigenvalue weighted by molar-refractivity contribution is -0.274. The second kappa shape index (κ2) is 8.23. The Hall–Kier alpha value is -3.66. The lowest BCUT2D eigenvalue weighted by Crippen LogP contribution is -2.27. The maximum absolute atomic E-state index is 12.8. The van der Waals surface area contributed by atoms with Gasteiger partial charge in [-0.25, -0.2) is 4.98 Å². The molecule has 31 heavy (non-hydrogen) atoms. The van der Waals surface area contributed by atoms with Crippen LogP contribution in [0.15, 0.2) is 71.8 Å². The number of anilines is 1. The van der Waals surface area contributed by atoms with Gasteiger partial charge in [0.25, 0.3) is 5.56 Å². The summed E-state index contributed by atoms with van der Waals surface area (Å²) >= 11 is 1.38. The Balaban J connectivity index is 1.48. The highest BCUT2D eigenvalue weighted by Gasteiger charge is 2.30. The SMILES string of the molecule is O=C(Cn1cnc2sc(-c3ccccc3)cc2c1=O)Nc1ccc(OC(F)(F)F)cc1. The molecule has 0 bridgehead atoms. The van der Waals surface area contributed by atoms with E-state index in [1.165, 1.54) is 34.4 Å². The molecule has 2 aromatic heterocycles. The molecular weight excluding hydrogens is 431 g/mol. The van der Waals surface area contributed by atoms with Crippen molar-refractivity contribution in [2.75, 3.05) is 5.32 Å². The summed E-state index contributed by atoms with van der Waals surface area (Å²) in [6, 6.07) is 16.0. The molecule has 158 valence electrons. The number of carbonyl (C=O) groups is 1. The van der Waals surface area contributed by atoms with E-state index in [1.54, 1.807) is 6.07 Å². The Morgan fingerprint density at radius 3 is 2.48 bits per heavy atom. The van der Waals surface area contributed by atoms with E-state index in [4.69, 9.17) is 0 Å². The number of rotatable bonds is 5. The maximum Gasteiger partial charge on any atom is 0.573 e. The van der Waals surface area contributed by atoms with Crippen LogP contribution in [0.25, 0.3) is 20.7 Å². The van der Waals surface area contributed by atoms with Gasteiger partial charge in [-0.3, -0.25) is 14.2 Å². The average molecular weight is 445 g/mol. The number of benzene rings is 2. The first-order valence-corrected chi connectivity index (χ1v) is 9.80. The number of aromatic nitrogens is 2. The lowest BCUT2D eigenvalue weighted by atomic mass is 10.2. The van der Waals surface area contributed by atoms with Crippen LogP contribution >= 0.6 is 11.3 Å². The van der Waals surface area contributed by atoms with Crippen molar-refractivity contribution in [2.45, 2.75) is 12.9 Å². The first-order valence-electron chi connectivity index (χ1n) is 8.98. The third-order valence-corrected chi connectivity index (χ3v) is 5.35. The van der Waals surface area contributed by atoms with E-state index >= 15 is 0 Å². The fourth-order valence-corrected chi connectivity index (χ4v) is 3.91. The predicted octanol–water partition coefficient (Wildman–Crippen LogP) is 4.66. The molecule has 0 fully saturated rings. The highest BCUT2D eigenvalue weighted by atomic mass is 32.1. The summed E-state index contributed by atoms with van der Waals surface area (Å²) in [4.78, 5) is 30.8. The van der Waals surface area contributed by atoms with E-state index in [9.17, 15) is 22.8 Å². The van der Waals surface area contributed by atoms with Crippen molar-refractivity contribution in [1.82, 2.24) is 9.55 Å². The standard InChI is InChI=1S/C21H14F3N3O3S/c22-21(23,24)30-15-8-6-14(7-9-15)26-18(28)11-27-12-25-19-16(20(27)29)10-17(31-19)13-4-2-1-3-5-13/h1-10,12H,11H2,(H,26,28). The number of amides is 1. The molecule has 0 atom stereocenters. The number of halogens is 3. The molecule has 6 nitrogen and oxygen atoms in total. The maximum atomic E-state index is 12.8. The molecule has 0 unspecified atom stereocenters. The molecule has 0 aliphatic heterocycles. The van der Waals surface area contributed by atoms with Gasteiger partial charge in [-0.05, 0) is 35.9 Å². The van der Waals surface area contributed by atoms with Crippen molar-refractivity contribution in [3.05, 3.63) is 77.3 Å². The monoisotopic (exact) mass is 445 g/mol. The number of hydrogen-bond donors (Lipinski definition) is 1. The molecule has 0 saturated heterocycles. The molecule has 4 rings (SSSR count). The van der Waals surface area contributed by atoms with Crippen molar-refractivity contribution < 1.29 is 22.7 Å². The van der Waals surface area contributed by atoms with Gasteiger partial charge in [-0.1, -0.05) is 30.3 Å². The Labute approximate surface area is 177 Å². The molecule has 0 radical (unpaired) electrons. The van der Waals surface area contributed by atoms with Gasteiger partial charge < -0.3 is 10.1 Å². The zero-order valence-corrected chi connectivity index (χ0v) is 16.5. The molecule has 10 heteroatoms. The Morgan fingerprint density at radius 1 is 1.10 bits per heavy atom. The fourth-order valence-electron chi connectivity index (χ4n) is 2.91. The van der Waals surface area contributed by atoms with Gasteiger partial charge in [0.05, 0.1) is 11.7 Å². The zero-order chi connectivity index (χ0) is 22.0. The summed E-state index contributed by atoms with van der Waals surface area (Å²) in [5.41, 5.74) is 0.878. The number of nitrogens with one attached hydrogen (secondary N) is 1. The molecule has 1 amide bonds. The van der Waals surface area contributed by atoms with Crippen LogP contribution in [0.5, 0.6) is 5.75 Å². The second-order valence-corrected chi connectivity index (χ2v) is 7.52. The highest BCUT2D eigenvalue weighted by molar-refractivity contribution is 7.21. The minimum absolute atomic E-state index is 0.267. The summed E-state index contributed by atoms with van der Waals surface area (Å²) in [7, 11) is 0. The third-order valence-electron chi connectivity index (χ3n) is 4.26. The van der Waals surface area contributed by atoms with Crippen molar-refractivity contribution in [1.29, 1.82) is 0 Å². The van der Waals surface area contributed by atoms with Gasteiger partial charge in [0.2, 0.25) is 5.91 Å². The fraction of sp³-hybridized carbons (Fsp3) is 0.0952. The molecule has 0 saturated carbocycles. The van der Waals surface area contributed by atoms with Gasteiger partial charge in [-0.15, -0.1) is 24.5 Å².